The fourth-order valence-electron chi connectivity index (χ4n) is 6.90. The lowest BCUT2D eigenvalue weighted by molar-refractivity contribution is 0.192. The van der Waals surface area contributed by atoms with Gasteiger partial charge in [-0.15, -0.1) is 0 Å². The van der Waals surface area contributed by atoms with Crippen LogP contribution in [0.2, 0.25) is 0 Å². The van der Waals surface area contributed by atoms with Crippen molar-refractivity contribution >= 4 is 31.9 Å². The maximum absolute atomic E-state index is 10.8. The molecule has 2 atom stereocenters. The highest BCUT2D eigenvalue weighted by Crippen LogP contribution is 2.43. The van der Waals surface area contributed by atoms with E-state index in [1.165, 1.54) is 16.7 Å². The summed E-state index contributed by atoms with van der Waals surface area (Å²) in [5, 5.41) is 14.2. The Hall–Kier alpha value is -3.22. The number of pyridine rings is 2. The average Bonchev–Trinajstić information content (AvgIpc) is 3.35. The molecule has 4 aromatic rings. The van der Waals surface area contributed by atoms with E-state index in [1.807, 2.05) is 24.4 Å². The molecule has 0 bridgehead atoms. The Labute approximate surface area is 292 Å². The fourth-order valence-corrected chi connectivity index (χ4v) is 7.66. The van der Waals surface area contributed by atoms with E-state index in [0.29, 0.717) is 11.4 Å². The molecule has 0 amide bonds. The molecular formula is C36H40Br2N4O5. The van der Waals surface area contributed by atoms with Crippen LogP contribution in [0.4, 0.5) is 0 Å². The van der Waals surface area contributed by atoms with Gasteiger partial charge in [0.15, 0.2) is 0 Å². The van der Waals surface area contributed by atoms with Gasteiger partial charge in [0, 0.05) is 70.8 Å². The molecule has 2 aliphatic carbocycles. The molecule has 1 aliphatic heterocycles. The Kier molecular flexibility index (Phi) is 10.7. The molecule has 11 heteroatoms. The van der Waals surface area contributed by atoms with Gasteiger partial charge < -0.3 is 29.4 Å². The van der Waals surface area contributed by atoms with Gasteiger partial charge in [-0.2, -0.15) is 0 Å². The third-order valence-electron chi connectivity index (χ3n) is 9.16. The maximum atomic E-state index is 10.8. The molecule has 3 heterocycles. The molecule has 9 nitrogen and oxygen atoms in total. The van der Waals surface area contributed by atoms with Crippen LogP contribution in [0.3, 0.4) is 0 Å². The number of ether oxygens (including phenoxy) is 4. The van der Waals surface area contributed by atoms with Crippen LogP contribution >= 0.6 is 31.9 Å². The van der Waals surface area contributed by atoms with Gasteiger partial charge in [-0.05, 0) is 104 Å². The Morgan fingerprint density at radius 3 is 1.70 bits per heavy atom. The summed E-state index contributed by atoms with van der Waals surface area (Å²) in [5.74, 6) is 3.10. The highest BCUT2D eigenvalue weighted by atomic mass is 79.9. The normalized spacial score (nSPS) is 18.5. The number of halogens is 2. The molecule has 0 spiro atoms. The molecule has 7 rings (SSSR count). The molecule has 0 saturated carbocycles. The van der Waals surface area contributed by atoms with E-state index in [-0.39, 0.29) is 6.04 Å². The minimum atomic E-state index is -0.786. The first kappa shape index (κ1) is 33.7. The van der Waals surface area contributed by atoms with Gasteiger partial charge in [0.2, 0.25) is 0 Å². The number of aliphatic hydroxyl groups is 1. The minimum absolute atomic E-state index is 0.110. The first-order chi connectivity index (χ1) is 22.8. The van der Waals surface area contributed by atoms with Gasteiger partial charge in [0.05, 0.1) is 45.9 Å². The average molecular weight is 769 g/mol. The summed E-state index contributed by atoms with van der Waals surface area (Å²) in [4.78, 5) is 11.8. The van der Waals surface area contributed by atoms with Crippen LogP contribution in [0.15, 0.2) is 57.7 Å². The van der Waals surface area contributed by atoms with Crippen molar-refractivity contribution in [2.75, 3.05) is 54.6 Å². The first-order valence-electron chi connectivity index (χ1n) is 15.8. The summed E-state index contributed by atoms with van der Waals surface area (Å²) < 4.78 is 24.0. The SMILES string of the molecule is COc1cc2c(c(OC)c1)C(N1CCNCC1)c1ncc(Br)cc1CC2.COc1cc2c(c(OC)c1)C(O)c1ncc(Br)cc1CC2. The number of hydrogen-bond acceptors (Lipinski definition) is 9. The zero-order valence-corrected chi connectivity index (χ0v) is 30.3. The van der Waals surface area contributed by atoms with Crippen molar-refractivity contribution in [3.63, 3.8) is 0 Å². The third-order valence-corrected chi connectivity index (χ3v) is 10.0. The predicted molar refractivity (Wildman–Crippen MR) is 188 cm³/mol. The van der Waals surface area contributed by atoms with Gasteiger partial charge in [-0.3, -0.25) is 14.9 Å². The lowest BCUT2D eigenvalue weighted by Crippen LogP contribution is -2.45. The topological polar surface area (TPSA) is 98.2 Å². The van der Waals surface area contributed by atoms with Crippen molar-refractivity contribution in [2.24, 2.45) is 0 Å². The smallest absolute Gasteiger partial charge is 0.129 e. The Bertz CT molecular complexity index is 1750. The number of hydrogen-bond donors (Lipinski definition) is 2. The van der Waals surface area contributed by atoms with Crippen molar-refractivity contribution in [3.8, 4) is 23.0 Å². The molecule has 1 saturated heterocycles. The number of methoxy groups -OCH3 is 4. The monoisotopic (exact) mass is 766 g/mol. The number of piperazine rings is 1. The van der Waals surface area contributed by atoms with E-state index in [2.05, 4.69) is 59.2 Å². The summed E-state index contributed by atoms with van der Waals surface area (Å²) in [6.45, 7) is 3.99. The second-order valence-corrected chi connectivity index (χ2v) is 13.6. The molecule has 3 aliphatic rings. The van der Waals surface area contributed by atoms with Gasteiger partial charge in [-0.1, -0.05) is 0 Å². The van der Waals surface area contributed by atoms with E-state index in [4.69, 9.17) is 23.9 Å². The number of rotatable bonds is 5. The van der Waals surface area contributed by atoms with Crippen molar-refractivity contribution in [3.05, 3.63) is 103 Å². The Morgan fingerprint density at radius 1 is 0.660 bits per heavy atom. The van der Waals surface area contributed by atoms with Crippen molar-refractivity contribution in [1.29, 1.82) is 0 Å². The van der Waals surface area contributed by atoms with Crippen molar-refractivity contribution in [2.45, 2.75) is 37.8 Å². The molecule has 1 fully saturated rings. The van der Waals surface area contributed by atoms with E-state index < -0.39 is 6.10 Å². The molecule has 2 aromatic carbocycles. The Balaban J connectivity index is 0.000000168. The van der Waals surface area contributed by atoms with Crippen molar-refractivity contribution in [1.82, 2.24) is 20.2 Å². The number of aromatic nitrogens is 2. The van der Waals surface area contributed by atoms with Gasteiger partial charge >= 0.3 is 0 Å². The van der Waals surface area contributed by atoms with E-state index >= 15 is 0 Å². The fraction of sp³-hybridized carbons (Fsp3) is 0.389. The van der Waals surface area contributed by atoms with Crippen LogP contribution in [0.1, 0.15) is 56.9 Å². The second-order valence-electron chi connectivity index (χ2n) is 11.8. The van der Waals surface area contributed by atoms with Crippen molar-refractivity contribution < 1.29 is 24.1 Å². The van der Waals surface area contributed by atoms with Gasteiger partial charge in [-0.25, -0.2) is 0 Å². The van der Waals surface area contributed by atoms with E-state index in [9.17, 15) is 5.11 Å². The van der Waals surface area contributed by atoms with Crippen LogP contribution in [0, 0.1) is 0 Å². The second kappa shape index (κ2) is 14.9. The number of nitrogens with zero attached hydrogens (tertiary/aromatic N) is 3. The maximum Gasteiger partial charge on any atom is 0.129 e. The van der Waals surface area contributed by atoms with Crippen LogP contribution in [0.5, 0.6) is 23.0 Å². The first-order valence-corrected chi connectivity index (χ1v) is 17.3. The van der Waals surface area contributed by atoms with E-state index in [1.54, 1.807) is 40.7 Å². The Morgan fingerprint density at radius 2 is 1.15 bits per heavy atom. The molecule has 0 radical (unpaired) electrons. The molecule has 248 valence electrons. The van der Waals surface area contributed by atoms with E-state index in [0.717, 1.165) is 100 Å². The van der Waals surface area contributed by atoms with Crippen LogP contribution in [-0.4, -0.2) is 74.6 Å². The molecule has 2 N–H and O–H groups in total. The lowest BCUT2D eigenvalue weighted by Gasteiger charge is -2.36. The summed E-state index contributed by atoms with van der Waals surface area (Å²) in [6, 6.07) is 12.3. The summed E-state index contributed by atoms with van der Waals surface area (Å²) in [5.41, 5.74) is 8.55. The zero-order chi connectivity index (χ0) is 33.1. The highest BCUT2D eigenvalue weighted by molar-refractivity contribution is 9.10. The number of benzene rings is 2. The number of nitrogens with one attached hydrogen (secondary N) is 1. The highest BCUT2D eigenvalue weighted by Gasteiger charge is 2.34. The molecular weight excluding hydrogens is 728 g/mol. The third kappa shape index (κ3) is 7.00. The zero-order valence-electron chi connectivity index (χ0n) is 27.1. The summed E-state index contributed by atoms with van der Waals surface area (Å²) in [6.07, 6.45) is 6.39. The van der Waals surface area contributed by atoms with Crippen LogP contribution in [-0.2, 0) is 25.7 Å². The lowest BCUT2D eigenvalue weighted by atomic mass is 9.94. The number of aryl methyl sites for hydroxylation is 4. The van der Waals surface area contributed by atoms with Crippen LogP contribution in [0.25, 0.3) is 0 Å². The quantitative estimate of drug-likeness (QED) is 0.254. The number of aliphatic hydroxyl groups excluding tert-OH is 1. The minimum Gasteiger partial charge on any atom is -0.497 e. The van der Waals surface area contributed by atoms with Gasteiger partial charge in [0.25, 0.3) is 0 Å². The summed E-state index contributed by atoms with van der Waals surface area (Å²) in [7, 11) is 6.67. The molecule has 2 aromatic heterocycles. The molecule has 47 heavy (non-hydrogen) atoms. The summed E-state index contributed by atoms with van der Waals surface area (Å²) >= 11 is 7.02. The number of fused-ring (bicyclic) bond motifs is 4. The largest absolute Gasteiger partial charge is 0.497 e. The standard InChI is InChI=1S/C20H24BrN3O2.C16H16BrNO3/c1-25-16-10-13-3-4-14-9-15(21)12-23-19(14)20(18(13)17(11-16)26-2)24-7-5-22-6-8-24;1-20-12-6-9-3-4-10-5-11(17)8-18-15(10)16(19)14(9)13(7-12)21-2/h9-12,20,22H,3-8H2,1-2H3;5-8,16,19H,3-4H2,1-2H3. The predicted octanol–water partition coefficient (Wildman–Crippen LogP) is 6.00. The van der Waals surface area contributed by atoms with Crippen LogP contribution < -0.4 is 24.3 Å². The molecule has 2 unspecified atom stereocenters. The van der Waals surface area contributed by atoms with Gasteiger partial charge in [0.1, 0.15) is 29.1 Å².